The van der Waals surface area contributed by atoms with Crippen LogP contribution in [0.25, 0.3) is 109 Å². The maximum absolute atomic E-state index is 13.9. The number of hydrogen-bond acceptors (Lipinski definition) is 12. The van der Waals surface area contributed by atoms with Crippen LogP contribution in [0.3, 0.4) is 0 Å². The van der Waals surface area contributed by atoms with Crippen molar-refractivity contribution in [3.63, 3.8) is 0 Å². The van der Waals surface area contributed by atoms with Crippen LogP contribution in [-0.4, -0.2) is 82.5 Å². The highest BCUT2D eigenvalue weighted by Gasteiger charge is 2.34. The molecule has 4 aromatic heterocycles. The first kappa shape index (κ1) is 87.8. The SMILES string of the molecule is Cc1[nH]c2ccccc2c1C1=NC(c2ccccc2)=C(c2cccc(NC(=O)CN)c2)C1.Cc1ccc(S(=O)(=O)n2c(C)c(C3=Nc4c(c5ccccc5c5ccccc45)C3)c3ccccc32)cc1.Cc1ccc(S(=O)(=O)n2cc(C3=Nc4c(c5ccccc5c5ccccc45)C3)c3ccccc32)cc1.NCC(=O)Nc1cccc(C2=C(c3ccccc3)N=C(c3c[nH]c4ccc(Br)cc34)C2)c1. The number of benzene rings is 16. The largest absolute Gasteiger partial charge is 0.360 e. The second kappa shape index (κ2) is 36.5. The number of nitrogens with two attached hydrogens (primary N) is 2. The second-order valence-corrected chi connectivity index (χ2v) is 39.1. The minimum absolute atomic E-state index is 0.0463. The highest BCUT2D eigenvalue weighted by Crippen LogP contribution is 2.48. The van der Waals surface area contributed by atoms with Crippen molar-refractivity contribution in [2.24, 2.45) is 31.4 Å². The topological polar surface area (TPSA) is 269 Å². The van der Waals surface area contributed by atoms with Crippen molar-refractivity contribution in [2.75, 3.05) is 23.7 Å². The van der Waals surface area contributed by atoms with Crippen LogP contribution in [0.2, 0.25) is 0 Å². The van der Waals surface area contributed by atoms with Gasteiger partial charge < -0.3 is 32.1 Å². The summed E-state index contributed by atoms with van der Waals surface area (Å²) in [5.74, 6) is -0.427. The van der Waals surface area contributed by atoms with Crippen LogP contribution in [0.15, 0.2) is 392 Å². The van der Waals surface area contributed by atoms with Crippen LogP contribution in [0.5, 0.6) is 0 Å². The molecule has 21 heteroatoms. The molecule has 0 spiro atoms. The van der Waals surface area contributed by atoms with Crippen molar-refractivity contribution in [3.05, 3.63) is 441 Å². The van der Waals surface area contributed by atoms with Gasteiger partial charge in [0.2, 0.25) is 11.8 Å². The molecule has 16 aromatic carbocycles. The van der Waals surface area contributed by atoms with E-state index in [1.807, 2.05) is 191 Å². The molecule has 0 fully saturated rings. The van der Waals surface area contributed by atoms with Gasteiger partial charge >= 0.3 is 0 Å². The summed E-state index contributed by atoms with van der Waals surface area (Å²) in [4.78, 5) is 51.6. The Morgan fingerprint density at radius 2 is 0.796 bits per heavy atom. The molecule has 18 nitrogen and oxygen atoms in total. The van der Waals surface area contributed by atoms with Crippen LogP contribution in [0.4, 0.5) is 22.7 Å². The Labute approximate surface area is 800 Å². The number of H-pyrrole nitrogens is 2. The number of amides is 2. The van der Waals surface area contributed by atoms with Gasteiger partial charge in [-0.05, 0) is 178 Å². The number of carbonyl (C=O) groups excluding carboxylic acids is 2. The summed E-state index contributed by atoms with van der Waals surface area (Å²) in [5, 5.41) is 19.2. The van der Waals surface area contributed by atoms with E-state index in [4.69, 9.17) is 31.4 Å². The van der Waals surface area contributed by atoms with Gasteiger partial charge in [0.1, 0.15) is 0 Å². The van der Waals surface area contributed by atoms with E-state index in [0.29, 0.717) is 42.4 Å². The number of aliphatic imine (C=N–C) groups is 4. The summed E-state index contributed by atoms with van der Waals surface area (Å²) in [6, 6.07) is 114. The number of para-hydroxylation sites is 3. The highest BCUT2D eigenvalue weighted by molar-refractivity contribution is 9.10. The second-order valence-electron chi connectivity index (χ2n) is 34.6. The Bertz CT molecular complexity index is 8810. The van der Waals surface area contributed by atoms with Crippen molar-refractivity contribution >= 4 is 203 Å². The number of anilines is 2. The number of aryl methyl sites for hydroxylation is 3. The lowest BCUT2D eigenvalue weighted by Crippen LogP contribution is -2.21. The third kappa shape index (κ3) is 16.5. The van der Waals surface area contributed by atoms with E-state index in [0.717, 1.165) is 172 Å². The van der Waals surface area contributed by atoms with Gasteiger partial charge in [-0.25, -0.2) is 24.8 Å². The summed E-state index contributed by atoms with van der Waals surface area (Å²) in [5.41, 5.74) is 40.3. The molecule has 4 aliphatic rings. The van der Waals surface area contributed by atoms with Crippen molar-refractivity contribution in [2.45, 2.75) is 63.2 Å². The van der Waals surface area contributed by atoms with Gasteiger partial charge in [0.25, 0.3) is 20.0 Å². The Morgan fingerprint density at radius 1 is 0.372 bits per heavy atom. The van der Waals surface area contributed by atoms with E-state index in [1.165, 1.54) is 56.8 Å². The maximum Gasteiger partial charge on any atom is 0.268 e. The zero-order chi connectivity index (χ0) is 93.9. The number of nitrogens with one attached hydrogen (secondary N) is 4. The van der Waals surface area contributed by atoms with Gasteiger partial charge in [0.05, 0.1) is 79.5 Å². The zero-order valence-electron chi connectivity index (χ0n) is 75.3. The molecule has 0 unspecified atom stereocenters. The summed E-state index contributed by atoms with van der Waals surface area (Å²) in [6.45, 7) is 7.79. The van der Waals surface area contributed by atoms with Gasteiger partial charge in [-0.15, -0.1) is 0 Å². The van der Waals surface area contributed by atoms with Crippen molar-refractivity contribution in [1.82, 2.24) is 17.9 Å². The average molecular weight is 1890 g/mol. The Morgan fingerprint density at radius 3 is 1.34 bits per heavy atom. The monoisotopic (exact) mass is 1890 g/mol. The van der Waals surface area contributed by atoms with Gasteiger partial charge in [-0.1, -0.05) is 288 Å². The summed E-state index contributed by atoms with van der Waals surface area (Å²) < 4.78 is 59.1. The first-order valence-electron chi connectivity index (χ1n) is 45.4. The number of aromatic amines is 2. The number of carbonyl (C=O) groups is 2. The molecule has 0 bridgehead atoms. The van der Waals surface area contributed by atoms with Crippen molar-refractivity contribution < 1.29 is 26.4 Å². The summed E-state index contributed by atoms with van der Waals surface area (Å²) in [7, 11) is -7.56. The molecule has 20 aromatic rings. The van der Waals surface area contributed by atoms with Gasteiger partial charge in [-0.2, -0.15) is 0 Å². The average Bonchev–Trinajstić information content (AvgIpc) is 1.58. The molecule has 0 saturated heterocycles. The van der Waals surface area contributed by atoms with Gasteiger partial charge in [0.15, 0.2) is 0 Å². The van der Waals surface area contributed by atoms with Gasteiger partial charge in [0, 0.05) is 142 Å². The first-order valence-corrected chi connectivity index (χ1v) is 49.0. The molecule has 24 rings (SSSR count). The molecule has 670 valence electrons. The molecule has 8 heterocycles. The van der Waals surface area contributed by atoms with Crippen LogP contribution in [0.1, 0.15) is 91.0 Å². The van der Waals surface area contributed by atoms with E-state index in [2.05, 4.69) is 201 Å². The van der Waals surface area contributed by atoms with Crippen molar-refractivity contribution in [1.29, 1.82) is 0 Å². The van der Waals surface area contributed by atoms with Crippen LogP contribution >= 0.6 is 15.9 Å². The predicted molar refractivity (Wildman–Crippen MR) is 565 cm³/mol. The molecule has 0 aliphatic carbocycles. The quantitative estimate of drug-likeness (QED) is 0.0505. The third-order valence-corrected chi connectivity index (χ3v) is 30.0. The predicted octanol–water partition coefficient (Wildman–Crippen LogP) is 25.4. The summed E-state index contributed by atoms with van der Waals surface area (Å²) >= 11 is 3.58. The number of nitrogens with zero attached hydrogens (tertiary/aromatic N) is 6. The van der Waals surface area contributed by atoms with E-state index in [9.17, 15) is 26.4 Å². The lowest BCUT2D eigenvalue weighted by molar-refractivity contribution is -0.115. The van der Waals surface area contributed by atoms with E-state index >= 15 is 0 Å². The summed E-state index contributed by atoms with van der Waals surface area (Å²) in [6.07, 6.45) is 6.48. The Hall–Kier alpha value is -15.9. The number of rotatable bonds is 16. The highest BCUT2D eigenvalue weighted by atomic mass is 79.9. The lowest BCUT2D eigenvalue weighted by atomic mass is 9.93. The number of aromatic nitrogens is 4. The van der Waals surface area contributed by atoms with Crippen molar-refractivity contribution in [3.8, 4) is 0 Å². The molecule has 0 radical (unpaired) electrons. The zero-order valence-corrected chi connectivity index (χ0v) is 78.5. The minimum atomic E-state index is -3.80. The fourth-order valence-corrected chi connectivity index (χ4v) is 22.9. The smallest absolute Gasteiger partial charge is 0.268 e. The molecule has 2 amide bonds. The number of fused-ring (bicyclic) bond motifs is 16. The van der Waals surface area contributed by atoms with E-state index in [-0.39, 0.29) is 34.7 Å². The van der Waals surface area contributed by atoms with Crippen LogP contribution in [0, 0.1) is 27.7 Å². The maximum atomic E-state index is 13.9. The Kier molecular flexibility index (Phi) is 23.4. The van der Waals surface area contributed by atoms with Gasteiger partial charge in [-0.3, -0.25) is 29.6 Å². The molecular weight excluding hydrogens is 1800 g/mol. The Balaban J connectivity index is 0.000000109. The number of halogens is 1. The first-order chi connectivity index (χ1) is 66.7. The number of allylic oxidation sites excluding steroid dienone is 2. The van der Waals surface area contributed by atoms with Crippen LogP contribution < -0.4 is 22.1 Å². The molecule has 8 N–H and O–H groups in total. The number of hydrogen-bond donors (Lipinski definition) is 6. The van der Waals surface area contributed by atoms with Crippen LogP contribution in [-0.2, 0) is 42.5 Å². The van der Waals surface area contributed by atoms with E-state index in [1.54, 1.807) is 30.5 Å². The lowest BCUT2D eigenvalue weighted by Gasteiger charge is -2.11. The standard InChI is InChI=1S/C32H24N2O2S.C31H22N2O2S.C27H24N4O.C26H21BrN4O/c1-20-15-17-22(18-16-20)37(35,36)34-21(2)31(27-13-7-8-14-30(27)34)29-19-28-25-11-4-3-9-23(25)24-10-5-6-12-26(24)32(28)33-29;1-20-14-16-21(17-15-20)36(34,35)33-19-28(25-11-6-7-13-30(25)33)29-18-27-24-10-3-2-8-22(24)23-9-4-5-12-26(23)31(27)32-29;1-17-26(21-12-5-6-13-23(21)29-17)24-15-22(27(31-24)18-8-3-2-4-9-18)19-10-7-11-20(14-19)30-25(32)16-28;27-18-9-10-23-21(12-18)22(15-29-23)24-13-20(26(31-24)16-5-2-1-3-6-16)17-7-4-8-19(11-17)30-25(32)14-28/h3-18H,19H2,1-2H3;2-17,19H,18H2,1H3;2-14,29H,15-16,28H2,1H3,(H,30,32);1-12,15,29H,13-14,28H2,(H,30,32). The molecule has 4 aliphatic heterocycles. The molecule has 0 saturated carbocycles. The van der Waals surface area contributed by atoms with E-state index < -0.39 is 20.0 Å². The fourth-order valence-electron chi connectivity index (χ4n) is 19.6. The molecule has 0 atom stereocenters. The molecule has 137 heavy (non-hydrogen) atoms. The fraction of sp³-hybridized carbons (Fsp3) is 0.0862. The normalized spacial score (nSPS) is 13.5. The minimum Gasteiger partial charge on any atom is -0.360 e. The third-order valence-electron chi connectivity index (χ3n) is 26.0. The molecular formula is C116H91BrN12O6S2.